The van der Waals surface area contributed by atoms with E-state index in [-0.39, 0.29) is 5.75 Å². The molecule has 17 heavy (non-hydrogen) atoms. The lowest BCUT2D eigenvalue weighted by Gasteiger charge is -2.16. The van der Waals surface area contributed by atoms with Crippen molar-refractivity contribution in [3.8, 4) is 0 Å². The summed E-state index contributed by atoms with van der Waals surface area (Å²) in [6.45, 7) is 0. The van der Waals surface area contributed by atoms with Gasteiger partial charge < -0.3 is 10.5 Å². The zero-order valence-corrected chi connectivity index (χ0v) is 11.5. The molecule has 1 aromatic rings. The second-order valence-corrected chi connectivity index (χ2v) is 6.67. The van der Waals surface area contributed by atoms with Crippen LogP contribution in [-0.2, 0) is 14.6 Å². The zero-order chi connectivity index (χ0) is 13.1. The van der Waals surface area contributed by atoms with Crippen LogP contribution in [0.25, 0.3) is 0 Å². The normalized spacial score (nSPS) is 13.1. The fourth-order valence-corrected chi connectivity index (χ4v) is 2.37. The molecule has 0 fully saturated rings. The molecule has 0 aliphatic carbocycles. The van der Waals surface area contributed by atoms with Crippen LogP contribution in [0.15, 0.2) is 28.7 Å². The first-order valence-electron chi connectivity index (χ1n) is 4.67. The summed E-state index contributed by atoms with van der Waals surface area (Å²) in [7, 11) is -3.27. The monoisotopic (exact) mass is 321 g/mol. The third kappa shape index (κ3) is 5.18. The maximum atomic E-state index is 11.2. The molecule has 0 bridgehead atoms. The Bertz CT molecular complexity index is 498. The Morgan fingerprint density at radius 1 is 1.41 bits per heavy atom. The van der Waals surface area contributed by atoms with Crippen molar-refractivity contribution in [2.45, 2.75) is 6.10 Å². The molecule has 7 heteroatoms. The number of carbonyl (C=O) groups excluding carboxylic acids is 1. The quantitative estimate of drug-likeness (QED) is 0.913. The fourth-order valence-electron chi connectivity index (χ4n) is 1.29. The van der Waals surface area contributed by atoms with Gasteiger partial charge in [0.05, 0.1) is 5.75 Å². The van der Waals surface area contributed by atoms with Crippen LogP contribution in [0.1, 0.15) is 11.7 Å². The molecule has 0 aromatic heterocycles. The molecule has 0 saturated carbocycles. The first-order chi connectivity index (χ1) is 7.78. The van der Waals surface area contributed by atoms with Crippen molar-refractivity contribution in [2.75, 3.05) is 12.0 Å². The Morgan fingerprint density at radius 3 is 2.35 bits per heavy atom. The first-order valence-corrected chi connectivity index (χ1v) is 7.52. The number of ether oxygens (including phenoxy) is 1. The van der Waals surface area contributed by atoms with E-state index in [1.54, 1.807) is 24.3 Å². The van der Waals surface area contributed by atoms with E-state index in [1.165, 1.54) is 0 Å². The highest BCUT2D eigenvalue weighted by atomic mass is 79.9. The predicted molar refractivity (Wildman–Crippen MR) is 67.3 cm³/mol. The first kappa shape index (κ1) is 14.0. The Balaban J connectivity index is 2.97. The molecule has 0 heterocycles. The molecule has 94 valence electrons. The minimum Gasteiger partial charge on any atom is -0.440 e. The molecular weight excluding hydrogens is 310 g/mol. The number of amides is 1. The summed E-state index contributed by atoms with van der Waals surface area (Å²) in [4.78, 5) is 10.7. The van der Waals surface area contributed by atoms with Crippen LogP contribution in [-0.4, -0.2) is 26.5 Å². The lowest BCUT2D eigenvalue weighted by molar-refractivity contribution is 0.118. The van der Waals surface area contributed by atoms with Gasteiger partial charge in [0.15, 0.2) is 9.84 Å². The van der Waals surface area contributed by atoms with Crippen molar-refractivity contribution in [1.29, 1.82) is 0 Å². The van der Waals surface area contributed by atoms with Gasteiger partial charge in [0.1, 0.15) is 6.10 Å². The molecule has 1 atom stereocenters. The van der Waals surface area contributed by atoms with Crippen molar-refractivity contribution >= 4 is 31.9 Å². The van der Waals surface area contributed by atoms with Crippen molar-refractivity contribution in [1.82, 2.24) is 0 Å². The van der Waals surface area contributed by atoms with Gasteiger partial charge in [0, 0.05) is 10.7 Å². The lowest BCUT2D eigenvalue weighted by atomic mass is 10.1. The molecule has 0 aliphatic rings. The molecule has 1 unspecified atom stereocenters. The highest BCUT2D eigenvalue weighted by molar-refractivity contribution is 9.10. The van der Waals surface area contributed by atoms with Crippen LogP contribution >= 0.6 is 15.9 Å². The highest BCUT2D eigenvalue weighted by Gasteiger charge is 2.20. The van der Waals surface area contributed by atoms with Gasteiger partial charge in [-0.1, -0.05) is 28.1 Å². The number of hydrogen-bond acceptors (Lipinski definition) is 4. The zero-order valence-electron chi connectivity index (χ0n) is 9.09. The van der Waals surface area contributed by atoms with Gasteiger partial charge >= 0.3 is 6.09 Å². The SMILES string of the molecule is CS(=O)(=O)CC(OC(N)=O)c1ccc(Br)cc1. The Labute approximate surface area is 108 Å². The molecule has 5 nitrogen and oxygen atoms in total. The minimum absolute atomic E-state index is 0.294. The Kier molecular flexibility index (Phi) is 4.53. The molecule has 0 saturated heterocycles. The van der Waals surface area contributed by atoms with E-state index >= 15 is 0 Å². The van der Waals surface area contributed by atoms with Crippen LogP contribution in [0.3, 0.4) is 0 Å². The van der Waals surface area contributed by atoms with E-state index in [0.29, 0.717) is 5.56 Å². The number of carbonyl (C=O) groups is 1. The second-order valence-electron chi connectivity index (χ2n) is 3.57. The fraction of sp³-hybridized carbons (Fsp3) is 0.300. The summed E-state index contributed by atoms with van der Waals surface area (Å²) in [5, 5.41) is 0. The molecule has 0 radical (unpaired) electrons. The summed E-state index contributed by atoms with van der Waals surface area (Å²) in [5.41, 5.74) is 5.50. The molecule has 0 aliphatic heterocycles. The van der Waals surface area contributed by atoms with Crippen LogP contribution in [0.4, 0.5) is 4.79 Å². The molecule has 2 N–H and O–H groups in total. The van der Waals surface area contributed by atoms with Crippen molar-refractivity contribution in [2.24, 2.45) is 5.73 Å². The topological polar surface area (TPSA) is 86.5 Å². The predicted octanol–water partition coefficient (Wildman–Crippen LogP) is 1.63. The van der Waals surface area contributed by atoms with E-state index in [2.05, 4.69) is 15.9 Å². The summed E-state index contributed by atoms with van der Waals surface area (Å²) < 4.78 is 28.1. The van der Waals surface area contributed by atoms with Gasteiger partial charge in [-0.2, -0.15) is 0 Å². The van der Waals surface area contributed by atoms with E-state index in [9.17, 15) is 13.2 Å². The Hall–Kier alpha value is -1.08. The standard InChI is InChI=1S/C10H12BrNO4S/c1-17(14,15)6-9(16-10(12)13)7-2-4-8(11)5-3-7/h2-5,9H,6H2,1H3,(H2,12,13). The molecule has 1 rings (SSSR count). The van der Waals surface area contributed by atoms with Crippen LogP contribution in [0.2, 0.25) is 0 Å². The third-order valence-electron chi connectivity index (χ3n) is 1.95. The average molecular weight is 322 g/mol. The molecule has 1 amide bonds. The number of rotatable bonds is 4. The molecule has 1 aromatic carbocycles. The number of primary amides is 1. The Morgan fingerprint density at radius 2 is 1.94 bits per heavy atom. The van der Waals surface area contributed by atoms with Crippen molar-refractivity contribution < 1.29 is 17.9 Å². The summed E-state index contributed by atoms with van der Waals surface area (Å²) in [6.07, 6.45) is -0.805. The van der Waals surface area contributed by atoms with E-state index in [1.807, 2.05) is 0 Å². The number of hydrogen-bond donors (Lipinski definition) is 1. The van der Waals surface area contributed by atoms with Gasteiger partial charge in [0.2, 0.25) is 0 Å². The van der Waals surface area contributed by atoms with Gasteiger partial charge in [0.25, 0.3) is 0 Å². The summed E-state index contributed by atoms with van der Waals surface area (Å²) in [6, 6.07) is 6.80. The van der Waals surface area contributed by atoms with E-state index < -0.39 is 22.0 Å². The molecule has 0 spiro atoms. The number of halogens is 1. The van der Waals surface area contributed by atoms with E-state index in [0.717, 1.165) is 10.7 Å². The smallest absolute Gasteiger partial charge is 0.405 e. The lowest BCUT2D eigenvalue weighted by Crippen LogP contribution is -2.23. The minimum atomic E-state index is -3.27. The van der Waals surface area contributed by atoms with Gasteiger partial charge in [-0.05, 0) is 17.7 Å². The maximum absolute atomic E-state index is 11.2. The maximum Gasteiger partial charge on any atom is 0.405 e. The number of benzene rings is 1. The highest BCUT2D eigenvalue weighted by Crippen LogP contribution is 2.21. The summed E-state index contributed by atoms with van der Waals surface area (Å²) in [5.74, 6) is -0.294. The number of sulfone groups is 1. The van der Waals surface area contributed by atoms with Gasteiger partial charge in [-0.25, -0.2) is 13.2 Å². The van der Waals surface area contributed by atoms with Crippen LogP contribution in [0.5, 0.6) is 0 Å². The summed E-state index contributed by atoms with van der Waals surface area (Å²) >= 11 is 3.26. The van der Waals surface area contributed by atoms with Gasteiger partial charge in [-0.3, -0.25) is 0 Å². The molecular formula is C10H12BrNO4S. The van der Waals surface area contributed by atoms with Crippen LogP contribution < -0.4 is 5.73 Å². The van der Waals surface area contributed by atoms with Crippen LogP contribution in [0, 0.1) is 0 Å². The number of nitrogens with two attached hydrogens (primary N) is 1. The average Bonchev–Trinajstić information content (AvgIpc) is 2.14. The second kappa shape index (κ2) is 5.50. The van der Waals surface area contributed by atoms with Crippen molar-refractivity contribution in [3.05, 3.63) is 34.3 Å². The van der Waals surface area contributed by atoms with E-state index in [4.69, 9.17) is 10.5 Å². The van der Waals surface area contributed by atoms with Gasteiger partial charge in [-0.15, -0.1) is 0 Å². The third-order valence-corrected chi connectivity index (χ3v) is 3.39. The largest absolute Gasteiger partial charge is 0.440 e. The van der Waals surface area contributed by atoms with Crippen molar-refractivity contribution in [3.63, 3.8) is 0 Å².